The highest BCUT2D eigenvalue weighted by Crippen LogP contribution is 2.24. The fraction of sp³-hybridized carbons (Fsp3) is 0.273. The molecule has 3 rings (SSSR count). The summed E-state index contributed by atoms with van der Waals surface area (Å²) in [4.78, 5) is 18.2. The van der Waals surface area contributed by atoms with E-state index in [9.17, 15) is 13.6 Å². The number of amides is 1. The van der Waals surface area contributed by atoms with Crippen molar-refractivity contribution in [1.82, 2.24) is 10.6 Å². The van der Waals surface area contributed by atoms with E-state index in [1.54, 1.807) is 31.3 Å². The highest BCUT2D eigenvalue weighted by molar-refractivity contribution is 5.95. The molecule has 0 radical (unpaired) electrons. The summed E-state index contributed by atoms with van der Waals surface area (Å²) in [5.74, 6) is 1.57. The van der Waals surface area contributed by atoms with Crippen LogP contribution in [0.1, 0.15) is 12.0 Å². The van der Waals surface area contributed by atoms with E-state index in [4.69, 9.17) is 6.42 Å². The molecule has 6 nitrogen and oxygen atoms in total. The number of hydrogen-bond donors (Lipinski definition) is 3. The minimum Gasteiger partial charge on any atom is -0.367 e. The van der Waals surface area contributed by atoms with Crippen LogP contribution < -0.4 is 20.9 Å². The number of carbonyl (C=O) groups is 1. The minimum atomic E-state index is -0.598. The number of hydrogen-bond acceptors (Lipinski definition) is 3. The van der Waals surface area contributed by atoms with Gasteiger partial charge in [0.1, 0.15) is 11.6 Å². The summed E-state index contributed by atoms with van der Waals surface area (Å²) in [6, 6.07) is 10.6. The number of terminal acetylenes is 1. The molecule has 1 fully saturated rings. The Morgan fingerprint density at radius 3 is 2.87 bits per heavy atom. The van der Waals surface area contributed by atoms with E-state index in [1.807, 2.05) is 4.90 Å². The molecule has 1 atom stereocenters. The van der Waals surface area contributed by atoms with Crippen molar-refractivity contribution in [2.75, 3.05) is 36.9 Å². The van der Waals surface area contributed by atoms with Gasteiger partial charge < -0.3 is 20.9 Å². The average Bonchev–Trinajstić information content (AvgIpc) is 3.19. The number of carbonyl (C=O) groups excluding carboxylic acids is 1. The van der Waals surface area contributed by atoms with Crippen LogP contribution in [0.3, 0.4) is 0 Å². The van der Waals surface area contributed by atoms with Crippen LogP contribution in [-0.4, -0.2) is 44.6 Å². The Hall–Kier alpha value is -3.60. The molecule has 0 aliphatic carbocycles. The zero-order valence-corrected chi connectivity index (χ0v) is 16.6. The van der Waals surface area contributed by atoms with Gasteiger partial charge in [0.25, 0.3) is 0 Å². The molecule has 0 saturated carbocycles. The van der Waals surface area contributed by atoms with Gasteiger partial charge in [-0.05, 0) is 36.8 Å². The molecule has 156 valence electrons. The van der Waals surface area contributed by atoms with E-state index in [-0.39, 0.29) is 18.5 Å². The maximum atomic E-state index is 14.0. The molecule has 0 aromatic heterocycles. The lowest BCUT2D eigenvalue weighted by atomic mass is 10.2. The van der Waals surface area contributed by atoms with Crippen molar-refractivity contribution >= 4 is 23.2 Å². The number of halogens is 2. The van der Waals surface area contributed by atoms with Crippen molar-refractivity contribution in [3.63, 3.8) is 0 Å². The van der Waals surface area contributed by atoms with Crippen LogP contribution in [0.5, 0.6) is 0 Å². The van der Waals surface area contributed by atoms with Gasteiger partial charge in [0.2, 0.25) is 5.91 Å². The monoisotopic (exact) mass is 411 g/mol. The number of aliphatic imine (C=N–C) groups is 1. The zero-order chi connectivity index (χ0) is 21.5. The Morgan fingerprint density at radius 1 is 1.30 bits per heavy atom. The Bertz CT molecular complexity index is 986. The molecule has 1 aliphatic rings. The molecule has 1 saturated heterocycles. The first-order valence-electron chi connectivity index (χ1n) is 9.52. The highest BCUT2D eigenvalue weighted by Gasteiger charge is 2.25. The van der Waals surface area contributed by atoms with Crippen molar-refractivity contribution in [1.29, 1.82) is 0 Å². The van der Waals surface area contributed by atoms with E-state index in [0.717, 1.165) is 12.5 Å². The first kappa shape index (κ1) is 21.1. The van der Waals surface area contributed by atoms with Crippen LogP contribution >= 0.6 is 0 Å². The molecule has 1 heterocycles. The minimum absolute atomic E-state index is 0.0102. The third kappa shape index (κ3) is 5.47. The van der Waals surface area contributed by atoms with Crippen LogP contribution in [-0.2, 0) is 4.79 Å². The SMILES string of the molecule is C#Cc1cccc(NC(=O)CNC(=NC)NC2CCN(c3ccc(F)cc3F)C2)c1. The molecular weight excluding hydrogens is 388 g/mol. The van der Waals surface area contributed by atoms with E-state index in [1.165, 1.54) is 12.1 Å². The molecule has 0 bridgehead atoms. The van der Waals surface area contributed by atoms with Crippen LogP contribution in [0.25, 0.3) is 0 Å². The van der Waals surface area contributed by atoms with Gasteiger partial charge in [-0.25, -0.2) is 8.78 Å². The first-order chi connectivity index (χ1) is 14.5. The third-order valence-corrected chi connectivity index (χ3v) is 4.73. The number of nitrogens with one attached hydrogen (secondary N) is 3. The van der Waals surface area contributed by atoms with Crippen molar-refractivity contribution in [2.24, 2.45) is 4.99 Å². The summed E-state index contributed by atoms with van der Waals surface area (Å²) in [5.41, 5.74) is 1.67. The van der Waals surface area contributed by atoms with Gasteiger partial charge >= 0.3 is 0 Å². The number of benzene rings is 2. The van der Waals surface area contributed by atoms with Crippen molar-refractivity contribution < 1.29 is 13.6 Å². The maximum Gasteiger partial charge on any atom is 0.243 e. The molecule has 2 aromatic carbocycles. The normalized spacial score (nSPS) is 16.1. The Morgan fingerprint density at radius 2 is 2.13 bits per heavy atom. The fourth-order valence-electron chi connectivity index (χ4n) is 3.28. The van der Waals surface area contributed by atoms with Crippen molar-refractivity contribution in [3.05, 3.63) is 59.7 Å². The lowest BCUT2D eigenvalue weighted by molar-refractivity contribution is -0.115. The molecule has 1 amide bonds. The lowest BCUT2D eigenvalue weighted by Crippen LogP contribution is -2.46. The summed E-state index contributed by atoms with van der Waals surface area (Å²) in [5, 5.41) is 8.96. The predicted molar refractivity (Wildman–Crippen MR) is 114 cm³/mol. The largest absolute Gasteiger partial charge is 0.367 e. The van der Waals surface area contributed by atoms with E-state index >= 15 is 0 Å². The van der Waals surface area contributed by atoms with Crippen molar-refractivity contribution in [3.8, 4) is 12.3 Å². The molecule has 8 heteroatoms. The van der Waals surface area contributed by atoms with Gasteiger partial charge in [-0.3, -0.25) is 9.79 Å². The third-order valence-electron chi connectivity index (χ3n) is 4.73. The molecular formula is C22H23F2N5O. The van der Waals surface area contributed by atoms with Crippen molar-refractivity contribution in [2.45, 2.75) is 12.5 Å². The van der Waals surface area contributed by atoms with Gasteiger partial charge in [-0.1, -0.05) is 12.0 Å². The second kappa shape index (κ2) is 9.74. The van der Waals surface area contributed by atoms with Crippen LogP contribution in [0.4, 0.5) is 20.2 Å². The molecule has 0 spiro atoms. The number of anilines is 2. The summed E-state index contributed by atoms with van der Waals surface area (Å²) >= 11 is 0. The topological polar surface area (TPSA) is 68.8 Å². The summed E-state index contributed by atoms with van der Waals surface area (Å²) in [6.07, 6.45) is 6.12. The molecule has 1 aliphatic heterocycles. The van der Waals surface area contributed by atoms with E-state index in [0.29, 0.717) is 36.0 Å². The van der Waals surface area contributed by atoms with E-state index in [2.05, 4.69) is 26.9 Å². The van der Waals surface area contributed by atoms with Gasteiger partial charge in [0, 0.05) is 43.5 Å². The number of guanidine groups is 1. The standard InChI is InChI=1S/C22H23F2N5O/c1-3-15-5-4-6-17(11-15)27-21(30)13-26-22(25-2)28-18-9-10-29(14-18)20-8-7-16(23)12-19(20)24/h1,4-8,11-12,18H,9-10,13-14H2,2H3,(H,27,30)(H2,25,26,28). The smallest absolute Gasteiger partial charge is 0.243 e. The van der Waals surface area contributed by atoms with Gasteiger partial charge in [-0.2, -0.15) is 0 Å². The van der Waals surface area contributed by atoms with E-state index < -0.39 is 11.6 Å². The summed E-state index contributed by atoms with van der Waals surface area (Å²) in [7, 11) is 1.61. The molecule has 3 N–H and O–H groups in total. The second-order valence-corrected chi connectivity index (χ2v) is 6.87. The Kier molecular flexibility index (Phi) is 6.86. The number of nitrogens with zero attached hydrogens (tertiary/aromatic N) is 2. The van der Waals surface area contributed by atoms with Crippen LogP contribution in [0.15, 0.2) is 47.5 Å². The summed E-state index contributed by atoms with van der Waals surface area (Å²) < 4.78 is 27.1. The van der Waals surface area contributed by atoms with Gasteiger partial charge in [0.05, 0.1) is 12.2 Å². The molecule has 1 unspecified atom stereocenters. The second-order valence-electron chi connectivity index (χ2n) is 6.87. The van der Waals surface area contributed by atoms with Gasteiger partial charge in [0.15, 0.2) is 5.96 Å². The van der Waals surface area contributed by atoms with Crippen LogP contribution in [0.2, 0.25) is 0 Å². The highest BCUT2D eigenvalue weighted by atomic mass is 19.1. The first-order valence-corrected chi connectivity index (χ1v) is 9.52. The molecule has 2 aromatic rings. The maximum absolute atomic E-state index is 14.0. The quantitative estimate of drug-likeness (QED) is 0.401. The van der Waals surface area contributed by atoms with Crippen LogP contribution in [0, 0.1) is 24.0 Å². The zero-order valence-electron chi connectivity index (χ0n) is 16.6. The summed E-state index contributed by atoms with van der Waals surface area (Å²) in [6.45, 7) is 1.18. The predicted octanol–water partition coefficient (Wildman–Crippen LogP) is 2.33. The Balaban J connectivity index is 1.49. The van der Waals surface area contributed by atoms with Gasteiger partial charge in [-0.15, -0.1) is 6.42 Å². The number of rotatable bonds is 5. The lowest BCUT2D eigenvalue weighted by Gasteiger charge is -2.21. The molecule has 30 heavy (non-hydrogen) atoms. The fourth-order valence-corrected chi connectivity index (χ4v) is 3.28. The Labute approximate surface area is 174 Å². The average molecular weight is 411 g/mol.